The number of carbonyl (C=O) groups is 2. The molecule has 2 atom stereocenters. The number of nitrogens with one attached hydrogen (secondary N) is 1. The third-order valence-corrected chi connectivity index (χ3v) is 6.57. The molecule has 2 amide bonds. The largest absolute Gasteiger partial charge is 0.352 e. The Hall–Kier alpha value is -3.05. The van der Waals surface area contributed by atoms with Gasteiger partial charge in [-0.25, -0.2) is 0 Å². The zero-order valence-electron chi connectivity index (χ0n) is 19.3. The van der Waals surface area contributed by atoms with Crippen LogP contribution in [-0.4, -0.2) is 34.6 Å². The molecular formula is C28H32N2O2S. The van der Waals surface area contributed by atoms with Gasteiger partial charge in [0.2, 0.25) is 11.8 Å². The lowest BCUT2D eigenvalue weighted by Crippen LogP contribution is -2.52. The number of nitrogens with zero attached hydrogens (tertiary/aromatic N) is 1. The molecule has 0 aliphatic carbocycles. The Morgan fingerprint density at radius 3 is 1.97 bits per heavy atom. The van der Waals surface area contributed by atoms with Crippen molar-refractivity contribution in [3.8, 4) is 0 Å². The van der Waals surface area contributed by atoms with Gasteiger partial charge < -0.3 is 10.2 Å². The molecule has 0 spiro atoms. The molecule has 0 aliphatic rings. The van der Waals surface area contributed by atoms with E-state index < -0.39 is 6.04 Å². The summed E-state index contributed by atoms with van der Waals surface area (Å²) in [6, 6.07) is 29.1. The van der Waals surface area contributed by atoms with E-state index in [9.17, 15) is 9.59 Å². The van der Waals surface area contributed by atoms with Crippen LogP contribution in [0.25, 0.3) is 0 Å². The van der Waals surface area contributed by atoms with Crippen molar-refractivity contribution in [2.24, 2.45) is 0 Å². The highest BCUT2D eigenvalue weighted by Crippen LogP contribution is 2.21. The monoisotopic (exact) mass is 460 g/mol. The van der Waals surface area contributed by atoms with E-state index in [0.29, 0.717) is 13.0 Å². The van der Waals surface area contributed by atoms with Crippen LogP contribution in [0.4, 0.5) is 0 Å². The molecule has 0 radical (unpaired) electrons. The van der Waals surface area contributed by atoms with Gasteiger partial charge in [-0.05, 0) is 36.6 Å². The predicted octanol–water partition coefficient (Wildman–Crippen LogP) is 5.33. The Balaban J connectivity index is 1.88. The van der Waals surface area contributed by atoms with E-state index in [2.05, 4.69) is 5.32 Å². The quantitative estimate of drug-likeness (QED) is 0.393. The summed E-state index contributed by atoms with van der Waals surface area (Å²) in [5, 5.41) is 3.11. The highest BCUT2D eigenvalue weighted by Gasteiger charge is 2.30. The minimum Gasteiger partial charge on any atom is -0.352 e. The first-order valence-corrected chi connectivity index (χ1v) is 12.4. The summed E-state index contributed by atoms with van der Waals surface area (Å²) in [6.07, 6.45) is 1.30. The molecule has 0 aromatic heterocycles. The maximum Gasteiger partial charge on any atom is 0.243 e. The zero-order valence-corrected chi connectivity index (χ0v) is 20.1. The van der Waals surface area contributed by atoms with Crippen molar-refractivity contribution in [1.29, 1.82) is 0 Å². The molecule has 0 fully saturated rings. The summed E-state index contributed by atoms with van der Waals surface area (Å²) in [4.78, 5) is 29.7. The second kappa shape index (κ2) is 12.9. The van der Waals surface area contributed by atoms with Crippen LogP contribution in [0.1, 0.15) is 31.4 Å². The van der Waals surface area contributed by atoms with Crippen LogP contribution in [-0.2, 0) is 22.6 Å². The van der Waals surface area contributed by atoms with Gasteiger partial charge in [0.25, 0.3) is 0 Å². The highest BCUT2D eigenvalue weighted by atomic mass is 32.2. The van der Waals surface area contributed by atoms with E-state index in [-0.39, 0.29) is 23.6 Å². The molecule has 3 rings (SSSR count). The van der Waals surface area contributed by atoms with E-state index in [4.69, 9.17) is 0 Å². The summed E-state index contributed by atoms with van der Waals surface area (Å²) in [6.45, 7) is 4.42. The van der Waals surface area contributed by atoms with Crippen LogP contribution in [0.5, 0.6) is 0 Å². The van der Waals surface area contributed by atoms with Crippen molar-refractivity contribution in [3.63, 3.8) is 0 Å². The molecule has 0 heterocycles. The molecule has 0 saturated carbocycles. The van der Waals surface area contributed by atoms with Crippen molar-refractivity contribution < 1.29 is 9.59 Å². The average molecular weight is 461 g/mol. The van der Waals surface area contributed by atoms with Gasteiger partial charge in [0.1, 0.15) is 6.04 Å². The van der Waals surface area contributed by atoms with Gasteiger partial charge >= 0.3 is 0 Å². The fourth-order valence-corrected chi connectivity index (χ4v) is 4.33. The number of benzene rings is 3. The first kappa shape index (κ1) is 24.6. The maximum atomic E-state index is 13.5. The molecule has 1 N–H and O–H groups in total. The van der Waals surface area contributed by atoms with Crippen LogP contribution in [0, 0.1) is 0 Å². The molecule has 3 aromatic rings. The van der Waals surface area contributed by atoms with Crippen molar-refractivity contribution in [1.82, 2.24) is 10.2 Å². The second-order valence-corrected chi connectivity index (χ2v) is 9.18. The second-order valence-electron chi connectivity index (χ2n) is 8.13. The third-order valence-electron chi connectivity index (χ3n) is 5.57. The highest BCUT2D eigenvalue weighted by molar-refractivity contribution is 8.00. The zero-order chi connectivity index (χ0) is 23.5. The van der Waals surface area contributed by atoms with Gasteiger partial charge in [-0.2, -0.15) is 0 Å². The molecule has 172 valence electrons. The Kier molecular flexibility index (Phi) is 9.58. The predicted molar refractivity (Wildman–Crippen MR) is 136 cm³/mol. The van der Waals surface area contributed by atoms with Crippen LogP contribution in [0.2, 0.25) is 0 Å². The van der Waals surface area contributed by atoms with Gasteiger partial charge in [-0.15, -0.1) is 11.8 Å². The Morgan fingerprint density at radius 2 is 1.39 bits per heavy atom. The van der Waals surface area contributed by atoms with Crippen molar-refractivity contribution >= 4 is 23.6 Å². The van der Waals surface area contributed by atoms with Crippen molar-refractivity contribution in [3.05, 3.63) is 102 Å². The fourth-order valence-electron chi connectivity index (χ4n) is 3.52. The number of amides is 2. The SMILES string of the molecule is CC[C@@H](C)NC(=O)[C@H](Cc1ccccc1)N(Cc1ccccc1)C(=O)CSc1ccccc1. The van der Waals surface area contributed by atoms with Crippen LogP contribution < -0.4 is 5.32 Å². The van der Waals surface area contributed by atoms with E-state index in [1.54, 1.807) is 4.90 Å². The molecule has 3 aromatic carbocycles. The van der Waals surface area contributed by atoms with E-state index in [1.807, 2.05) is 105 Å². The minimum atomic E-state index is -0.592. The Labute approximate surface area is 201 Å². The third kappa shape index (κ3) is 7.79. The van der Waals surface area contributed by atoms with Gasteiger partial charge in [0.05, 0.1) is 5.75 Å². The van der Waals surface area contributed by atoms with Gasteiger partial charge in [-0.3, -0.25) is 9.59 Å². The normalized spacial score (nSPS) is 12.5. The Bertz CT molecular complexity index is 996. The lowest BCUT2D eigenvalue weighted by Gasteiger charge is -2.32. The first-order chi connectivity index (χ1) is 16.1. The molecule has 0 bridgehead atoms. The molecule has 4 nitrogen and oxygen atoms in total. The summed E-state index contributed by atoms with van der Waals surface area (Å²) < 4.78 is 0. The molecule has 33 heavy (non-hydrogen) atoms. The molecule has 0 unspecified atom stereocenters. The van der Waals surface area contributed by atoms with E-state index >= 15 is 0 Å². The Morgan fingerprint density at radius 1 is 0.848 bits per heavy atom. The minimum absolute atomic E-state index is 0.0446. The number of hydrogen-bond acceptors (Lipinski definition) is 3. The lowest BCUT2D eigenvalue weighted by molar-refractivity contribution is -0.139. The number of thioether (sulfide) groups is 1. The summed E-state index contributed by atoms with van der Waals surface area (Å²) in [7, 11) is 0. The molecule has 5 heteroatoms. The summed E-state index contributed by atoms with van der Waals surface area (Å²) >= 11 is 1.50. The van der Waals surface area contributed by atoms with Crippen LogP contribution in [0.15, 0.2) is 95.9 Å². The van der Waals surface area contributed by atoms with Crippen LogP contribution in [0.3, 0.4) is 0 Å². The summed E-state index contributed by atoms with van der Waals surface area (Å²) in [5.74, 6) is 0.119. The fraction of sp³-hybridized carbons (Fsp3) is 0.286. The number of hydrogen-bond donors (Lipinski definition) is 1. The van der Waals surface area contributed by atoms with E-state index in [0.717, 1.165) is 22.4 Å². The van der Waals surface area contributed by atoms with Gasteiger partial charge in [0.15, 0.2) is 0 Å². The standard InChI is InChI=1S/C28H32N2O2S/c1-3-22(2)29-28(32)26(19-23-13-7-4-8-14-23)30(20-24-15-9-5-10-16-24)27(31)21-33-25-17-11-6-12-18-25/h4-18,22,26H,3,19-21H2,1-2H3,(H,29,32)/t22-,26+/m1/s1. The maximum absolute atomic E-state index is 13.5. The molecular weight excluding hydrogens is 428 g/mol. The van der Waals surface area contributed by atoms with Gasteiger partial charge in [0, 0.05) is 23.9 Å². The average Bonchev–Trinajstić information content (AvgIpc) is 2.86. The molecule has 0 saturated heterocycles. The van der Waals surface area contributed by atoms with E-state index in [1.165, 1.54) is 11.8 Å². The topological polar surface area (TPSA) is 49.4 Å². The first-order valence-electron chi connectivity index (χ1n) is 11.4. The van der Waals surface area contributed by atoms with Crippen molar-refractivity contribution in [2.75, 3.05) is 5.75 Å². The lowest BCUT2D eigenvalue weighted by atomic mass is 10.0. The van der Waals surface area contributed by atoms with Gasteiger partial charge in [-0.1, -0.05) is 85.8 Å². The molecule has 0 aliphatic heterocycles. The van der Waals surface area contributed by atoms with Crippen LogP contribution >= 0.6 is 11.8 Å². The number of carbonyl (C=O) groups excluding carboxylic acids is 2. The summed E-state index contributed by atoms with van der Waals surface area (Å²) in [5.41, 5.74) is 2.04. The smallest absolute Gasteiger partial charge is 0.243 e. The number of rotatable bonds is 11. The van der Waals surface area contributed by atoms with Crippen molar-refractivity contribution in [2.45, 2.75) is 50.2 Å².